The Morgan fingerprint density at radius 1 is 1.25 bits per heavy atom. The van der Waals surface area contributed by atoms with Crippen LogP contribution in [0.3, 0.4) is 0 Å². The van der Waals surface area contributed by atoms with Gasteiger partial charge < -0.3 is 9.47 Å². The van der Waals surface area contributed by atoms with E-state index in [-0.39, 0.29) is 6.29 Å². The van der Waals surface area contributed by atoms with Crippen molar-refractivity contribution in [3.8, 4) is 11.8 Å². The third-order valence-corrected chi connectivity index (χ3v) is 2.48. The van der Waals surface area contributed by atoms with Gasteiger partial charge in [-0.15, -0.1) is 0 Å². The van der Waals surface area contributed by atoms with Gasteiger partial charge in [0, 0.05) is 37.1 Å². The number of alkyl halides is 1. The summed E-state index contributed by atoms with van der Waals surface area (Å²) in [5.74, 6) is 6.21. The van der Waals surface area contributed by atoms with Gasteiger partial charge in [-0.1, -0.05) is 46.0 Å². The van der Waals surface area contributed by atoms with Gasteiger partial charge in [-0.05, 0) is 6.07 Å². The highest BCUT2D eigenvalue weighted by Gasteiger charge is 2.11. The Bertz CT molecular complexity index is 375. The molecule has 0 aliphatic heterocycles. The van der Waals surface area contributed by atoms with E-state index in [1.165, 1.54) is 0 Å². The van der Waals surface area contributed by atoms with Crippen LogP contribution in [0.4, 0.5) is 0 Å². The highest BCUT2D eigenvalue weighted by atomic mass is 79.9. The molecule has 2 nitrogen and oxygen atoms in total. The molecule has 0 atom stereocenters. The molecule has 1 aromatic rings. The summed E-state index contributed by atoms with van der Waals surface area (Å²) in [5.41, 5.74) is 1.92. The second-order valence-corrected chi connectivity index (χ2v) is 3.92. The zero-order valence-electron chi connectivity index (χ0n) is 9.50. The van der Waals surface area contributed by atoms with Crippen molar-refractivity contribution in [3.63, 3.8) is 0 Å². The Morgan fingerprint density at radius 2 is 1.94 bits per heavy atom. The molecule has 3 heteroatoms. The first kappa shape index (κ1) is 13.2. The Labute approximate surface area is 105 Å². The molecule has 0 amide bonds. The molecular weight excluding hydrogens is 268 g/mol. The van der Waals surface area contributed by atoms with Crippen LogP contribution >= 0.6 is 15.9 Å². The molecule has 0 bridgehead atoms. The first-order valence-electron chi connectivity index (χ1n) is 5.02. The van der Waals surface area contributed by atoms with E-state index in [0.29, 0.717) is 0 Å². The number of halogens is 1. The van der Waals surface area contributed by atoms with Gasteiger partial charge in [-0.3, -0.25) is 0 Å². The van der Waals surface area contributed by atoms with E-state index in [9.17, 15) is 0 Å². The van der Waals surface area contributed by atoms with Crippen molar-refractivity contribution >= 4 is 15.9 Å². The summed E-state index contributed by atoms with van der Waals surface area (Å²) < 4.78 is 10.5. The second-order valence-electron chi connectivity index (χ2n) is 3.13. The zero-order valence-corrected chi connectivity index (χ0v) is 11.1. The minimum atomic E-state index is -0.352. The fraction of sp³-hybridized carbons (Fsp3) is 0.385. The molecule has 0 aliphatic rings. The number of rotatable bonds is 4. The molecule has 0 unspecified atom stereocenters. The smallest absolute Gasteiger partial charge is 0.184 e. The van der Waals surface area contributed by atoms with Crippen molar-refractivity contribution in [2.45, 2.75) is 12.7 Å². The zero-order chi connectivity index (χ0) is 11.8. The van der Waals surface area contributed by atoms with E-state index in [0.717, 1.165) is 22.9 Å². The Hall–Kier alpha value is -0.820. The predicted octanol–water partition coefficient (Wildman–Crippen LogP) is 3.11. The first-order valence-corrected chi connectivity index (χ1v) is 6.15. The summed E-state index contributed by atoms with van der Waals surface area (Å²) in [6, 6.07) is 7.86. The maximum Gasteiger partial charge on any atom is 0.184 e. The molecule has 0 spiro atoms. The monoisotopic (exact) mass is 282 g/mol. The molecule has 1 aromatic carbocycles. The van der Waals surface area contributed by atoms with Crippen molar-refractivity contribution in [1.82, 2.24) is 0 Å². The molecule has 0 aliphatic carbocycles. The van der Waals surface area contributed by atoms with E-state index in [4.69, 9.17) is 9.47 Å². The summed E-state index contributed by atoms with van der Waals surface area (Å²) in [7, 11) is 3.24. The minimum absolute atomic E-state index is 0.352. The van der Waals surface area contributed by atoms with Gasteiger partial charge >= 0.3 is 0 Å². The molecule has 0 saturated carbocycles. The van der Waals surface area contributed by atoms with Gasteiger partial charge in [-0.25, -0.2) is 0 Å². The Kier molecular flexibility index (Phi) is 6.17. The van der Waals surface area contributed by atoms with Crippen molar-refractivity contribution in [2.75, 3.05) is 19.5 Å². The van der Waals surface area contributed by atoms with Gasteiger partial charge in [0.15, 0.2) is 6.29 Å². The Morgan fingerprint density at radius 3 is 2.56 bits per heavy atom. The molecule has 0 radical (unpaired) electrons. The van der Waals surface area contributed by atoms with Gasteiger partial charge in [0.2, 0.25) is 0 Å². The lowest BCUT2D eigenvalue weighted by molar-refractivity contribution is -0.106. The van der Waals surface area contributed by atoms with Crippen LogP contribution in [0.5, 0.6) is 0 Å². The number of hydrogen-bond donors (Lipinski definition) is 0. The average molecular weight is 283 g/mol. The summed E-state index contributed by atoms with van der Waals surface area (Å²) >= 11 is 3.35. The van der Waals surface area contributed by atoms with Crippen LogP contribution < -0.4 is 0 Å². The SMILES string of the molecule is COC(OC)c1ccccc1C#CCCBr. The van der Waals surface area contributed by atoms with Crippen LogP contribution in [0.2, 0.25) is 0 Å². The molecule has 0 heterocycles. The molecule has 0 aromatic heterocycles. The van der Waals surface area contributed by atoms with Crippen molar-refractivity contribution < 1.29 is 9.47 Å². The largest absolute Gasteiger partial charge is 0.352 e. The van der Waals surface area contributed by atoms with Gasteiger partial charge in [0.25, 0.3) is 0 Å². The van der Waals surface area contributed by atoms with Gasteiger partial charge in [-0.2, -0.15) is 0 Å². The molecule has 16 heavy (non-hydrogen) atoms. The van der Waals surface area contributed by atoms with Crippen LogP contribution in [-0.2, 0) is 9.47 Å². The number of methoxy groups -OCH3 is 2. The Balaban J connectivity index is 2.96. The summed E-state index contributed by atoms with van der Waals surface area (Å²) in [6.07, 6.45) is 0.480. The molecule has 0 N–H and O–H groups in total. The van der Waals surface area contributed by atoms with Crippen LogP contribution in [0.15, 0.2) is 24.3 Å². The highest BCUT2D eigenvalue weighted by Crippen LogP contribution is 2.20. The number of benzene rings is 1. The number of hydrogen-bond acceptors (Lipinski definition) is 2. The van der Waals surface area contributed by atoms with E-state index in [2.05, 4.69) is 27.8 Å². The van der Waals surface area contributed by atoms with Gasteiger partial charge in [0.1, 0.15) is 0 Å². The quantitative estimate of drug-likeness (QED) is 0.480. The summed E-state index contributed by atoms with van der Waals surface area (Å²) in [5, 5.41) is 0.889. The molecule has 0 saturated heterocycles. The van der Waals surface area contributed by atoms with Crippen molar-refractivity contribution in [2.24, 2.45) is 0 Å². The van der Waals surface area contributed by atoms with E-state index in [1.54, 1.807) is 14.2 Å². The topological polar surface area (TPSA) is 18.5 Å². The normalized spacial score (nSPS) is 10.0. The lowest BCUT2D eigenvalue weighted by Crippen LogP contribution is -2.05. The van der Waals surface area contributed by atoms with E-state index >= 15 is 0 Å². The molecule has 1 rings (SSSR count). The maximum absolute atomic E-state index is 5.23. The van der Waals surface area contributed by atoms with Crippen LogP contribution in [0, 0.1) is 11.8 Å². The third kappa shape index (κ3) is 3.64. The van der Waals surface area contributed by atoms with Crippen molar-refractivity contribution in [3.05, 3.63) is 35.4 Å². The first-order chi connectivity index (χ1) is 7.83. The van der Waals surface area contributed by atoms with Crippen LogP contribution in [-0.4, -0.2) is 19.5 Å². The fourth-order valence-electron chi connectivity index (χ4n) is 1.37. The van der Waals surface area contributed by atoms with E-state index < -0.39 is 0 Å². The predicted molar refractivity (Wildman–Crippen MR) is 68.5 cm³/mol. The van der Waals surface area contributed by atoms with Crippen LogP contribution in [0.1, 0.15) is 23.8 Å². The maximum atomic E-state index is 5.23. The van der Waals surface area contributed by atoms with Crippen LogP contribution in [0.25, 0.3) is 0 Å². The summed E-state index contributed by atoms with van der Waals surface area (Å²) in [4.78, 5) is 0. The molecular formula is C13H15BrO2. The minimum Gasteiger partial charge on any atom is -0.352 e. The summed E-state index contributed by atoms with van der Waals surface area (Å²) in [6.45, 7) is 0. The average Bonchev–Trinajstić information content (AvgIpc) is 2.33. The highest BCUT2D eigenvalue weighted by molar-refractivity contribution is 9.09. The standard InChI is InChI=1S/C13H15BrO2/c1-15-13(16-2)12-9-4-3-7-11(12)8-5-6-10-14/h3-4,7,9,13H,6,10H2,1-2H3. The number of ether oxygens (including phenoxy) is 2. The molecule has 86 valence electrons. The lowest BCUT2D eigenvalue weighted by atomic mass is 10.1. The molecule has 0 fully saturated rings. The van der Waals surface area contributed by atoms with Crippen molar-refractivity contribution in [1.29, 1.82) is 0 Å². The lowest BCUT2D eigenvalue weighted by Gasteiger charge is -2.15. The third-order valence-electron chi connectivity index (χ3n) is 2.09. The fourth-order valence-corrected chi connectivity index (χ4v) is 1.57. The van der Waals surface area contributed by atoms with E-state index in [1.807, 2.05) is 24.3 Å². The second kappa shape index (κ2) is 7.45. The van der Waals surface area contributed by atoms with Gasteiger partial charge in [0.05, 0.1) is 0 Å².